The van der Waals surface area contributed by atoms with Crippen LogP contribution in [0.25, 0.3) is 0 Å². The summed E-state index contributed by atoms with van der Waals surface area (Å²) in [5.74, 6) is 5.62. The third kappa shape index (κ3) is 1.74. The Balaban J connectivity index is 1.84. The van der Waals surface area contributed by atoms with Crippen LogP contribution in [0.1, 0.15) is 32.6 Å². The fraction of sp³-hybridized carbons (Fsp3) is 0.833. The molecule has 2 aliphatic rings. The average Bonchev–Trinajstić information content (AvgIpc) is 2.74. The van der Waals surface area contributed by atoms with Crippen LogP contribution in [0, 0.1) is 30.1 Å². The van der Waals surface area contributed by atoms with Gasteiger partial charge < -0.3 is 5.32 Å². The van der Waals surface area contributed by atoms with Crippen molar-refractivity contribution in [3.63, 3.8) is 0 Å². The predicted octanol–water partition coefficient (Wildman–Crippen LogP) is 2.03. The summed E-state index contributed by atoms with van der Waals surface area (Å²) in [7, 11) is 0. The molecular formula is C12H19N. The first-order valence-electron chi connectivity index (χ1n) is 5.48. The molecule has 1 heteroatoms. The van der Waals surface area contributed by atoms with Crippen LogP contribution in [0.3, 0.4) is 0 Å². The van der Waals surface area contributed by atoms with Gasteiger partial charge in [-0.05, 0) is 43.9 Å². The molecule has 4 unspecified atom stereocenters. The van der Waals surface area contributed by atoms with Crippen LogP contribution in [-0.4, -0.2) is 12.6 Å². The van der Waals surface area contributed by atoms with Crippen molar-refractivity contribution >= 4 is 0 Å². The minimum atomic E-state index is 0.631. The second-order valence-electron chi connectivity index (χ2n) is 4.71. The van der Waals surface area contributed by atoms with Gasteiger partial charge >= 0.3 is 0 Å². The lowest BCUT2D eigenvalue weighted by atomic mass is 9.84. The summed E-state index contributed by atoms with van der Waals surface area (Å²) in [6, 6.07) is 0.631. The lowest BCUT2D eigenvalue weighted by molar-refractivity contribution is 0.266. The molecule has 72 valence electrons. The van der Waals surface area contributed by atoms with E-state index in [1.807, 2.05) is 0 Å². The van der Waals surface area contributed by atoms with E-state index in [0.29, 0.717) is 6.04 Å². The lowest BCUT2D eigenvalue weighted by Gasteiger charge is -2.28. The Kier molecular flexibility index (Phi) is 2.60. The van der Waals surface area contributed by atoms with Gasteiger partial charge in [-0.1, -0.05) is 12.3 Å². The number of nitrogens with one attached hydrogen (secondary N) is 1. The van der Waals surface area contributed by atoms with Gasteiger partial charge in [0.25, 0.3) is 0 Å². The van der Waals surface area contributed by atoms with E-state index >= 15 is 0 Å². The van der Waals surface area contributed by atoms with Gasteiger partial charge in [0.05, 0.1) is 6.54 Å². The van der Waals surface area contributed by atoms with Crippen molar-refractivity contribution < 1.29 is 0 Å². The molecule has 0 spiro atoms. The maximum atomic E-state index is 5.24. The Morgan fingerprint density at radius 3 is 2.85 bits per heavy atom. The van der Waals surface area contributed by atoms with E-state index in [1.54, 1.807) is 0 Å². The molecule has 0 saturated heterocycles. The van der Waals surface area contributed by atoms with Gasteiger partial charge in [0.2, 0.25) is 0 Å². The van der Waals surface area contributed by atoms with Gasteiger partial charge in [-0.2, -0.15) is 0 Å². The fourth-order valence-electron chi connectivity index (χ4n) is 3.28. The minimum Gasteiger partial charge on any atom is -0.303 e. The van der Waals surface area contributed by atoms with E-state index < -0.39 is 0 Å². The van der Waals surface area contributed by atoms with Crippen molar-refractivity contribution in [3.05, 3.63) is 0 Å². The van der Waals surface area contributed by atoms with E-state index in [2.05, 4.69) is 18.2 Å². The largest absolute Gasteiger partial charge is 0.303 e. The number of hydrogen-bond acceptors (Lipinski definition) is 1. The molecule has 1 nitrogen and oxygen atoms in total. The van der Waals surface area contributed by atoms with Gasteiger partial charge in [-0.25, -0.2) is 0 Å². The van der Waals surface area contributed by atoms with E-state index in [0.717, 1.165) is 24.3 Å². The molecule has 0 aromatic rings. The van der Waals surface area contributed by atoms with E-state index in [9.17, 15) is 0 Å². The quantitative estimate of drug-likeness (QED) is 0.650. The highest BCUT2D eigenvalue weighted by Crippen LogP contribution is 2.49. The van der Waals surface area contributed by atoms with E-state index in [4.69, 9.17) is 6.42 Å². The Morgan fingerprint density at radius 1 is 1.46 bits per heavy atom. The molecule has 0 radical (unpaired) electrons. The number of rotatable bonds is 3. The summed E-state index contributed by atoms with van der Waals surface area (Å²) in [5, 5.41) is 3.42. The van der Waals surface area contributed by atoms with Crippen molar-refractivity contribution in [2.45, 2.75) is 38.6 Å². The zero-order valence-corrected chi connectivity index (χ0v) is 8.42. The van der Waals surface area contributed by atoms with Gasteiger partial charge in [0.15, 0.2) is 0 Å². The van der Waals surface area contributed by atoms with Crippen molar-refractivity contribution in [3.8, 4) is 12.3 Å². The third-order valence-electron chi connectivity index (χ3n) is 3.96. The first-order valence-corrected chi connectivity index (χ1v) is 5.48. The monoisotopic (exact) mass is 177 g/mol. The molecule has 13 heavy (non-hydrogen) atoms. The summed E-state index contributed by atoms with van der Waals surface area (Å²) in [6.07, 6.45) is 11.1. The smallest absolute Gasteiger partial charge is 0.0575 e. The SMILES string of the molecule is C#CCNC(C)C1CC2CCC1C2. The molecule has 2 aliphatic carbocycles. The zero-order chi connectivity index (χ0) is 9.26. The highest BCUT2D eigenvalue weighted by molar-refractivity contribution is 4.96. The van der Waals surface area contributed by atoms with Crippen molar-refractivity contribution in [2.24, 2.45) is 17.8 Å². The molecule has 2 saturated carbocycles. The summed E-state index contributed by atoms with van der Waals surface area (Å²) in [4.78, 5) is 0. The van der Waals surface area contributed by atoms with Crippen LogP contribution in [0.15, 0.2) is 0 Å². The molecule has 1 N–H and O–H groups in total. The molecule has 2 fully saturated rings. The van der Waals surface area contributed by atoms with Crippen LogP contribution in [0.5, 0.6) is 0 Å². The normalized spacial score (nSPS) is 38.9. The Hall–Kier alpha value is -0.480. The van der Waals surface area contributed by atoms with Crippen LogP contribution >= 0.6 is 0 Å². The Labute approximate surface area is 81.3 Å². The van der Waals surface area contributed by atoms with Gasteiger partial charge in [0, 0.05) is 6.04 Å². The van der Waals surface area contributed by atoms with Crippen LogP contribution in [-0.2, 0) is 0 Å². The lowest BCUT2D eigenvalue weighted by Crippen LogP contribution is -2.36. The average molecular weight is 177 g/mol. The maximum absolute atomic E-state index is 5.24. The standard InChI is InChI=1S/C12H19N/c1-3-6-13-9(2)12-8-10-4-5-11(12)7-10/h1,9-13H,4-8H2,2H3. The van der Waals surface area contributed by atoms with Crippen molar-refractivity contribution in [1.82, 2.24) is 5.32 Å². The Morgan fingerprint density at radius 2 is 2.31 bits per heavy atom. The molecule has 4 atom stereocenters. The maximum Gasteiger partial charge on any atom is 0.0575 e. The Bertz CT molecular complexity index is 216. The first kappa shape index (κ1) is 9.09. The molecule has 2 bridgehead atoms. The second kappa shape index (κ2) is 3.72. The van der Waals surface area contributed by atoms with E-state index in [-0.39, 0.29) is 0 Å². The summed E-state index contributed by atoms with van der Waals surface area (Å²) in [6.45, 7) is 3.03. The first-order chi connectivity index (χ1) is 6.31. The molecule has 0 aromatic heterocycles. The van der Waals surface area contributed by atoms with Crippen LogP contribution < -0.4 is 5.32 Å². The van der Waals surface area contributed by atoms with Crippen LogP contribution in [0.4, 0.5) is 0 Å². The van der Waals surface area contributed by atoms with Gasteiger partial charge in [-0.15, -0.1) is 6.42 Å². The van der Waals surface area contributed by atoms with Gasteiger partial charge in [0.1, 0.15) is 0 Å². The molecule has 0 aromatic carbocycles. The molecular weight excluding hydrogens is 158 g/mol. The van der Waals surface area contributed by atoms with E-state index in [1.165, 1.54) is 25.7 Å². The number of terminal acetylenes is 1. The highest BCUT2D eigenvalue weighted by atomic mass is 14.9. The summed E-state index contributed by atoms with van der Waals surface area (Å²) < 4.78 is 0. The summed E-state index contributed by atoms with van der Waals surface area (Å²) in [5.41, 5.74) is 0. The molecule has 0 amide bonds. The van der Waals surface area contributed by atoms with Crippen molar-refractivity contribution in [2.75, 3.05) is 6.54 Å². The number of hydrogen-bond donors (Lipinski definition) is 1. The second-order valence-corrected chi connectivity index (χ2v) is 4.71. The topological polar surface area (TPSA) is 12.0 Å². The minimum absolute atomic E-state index is 0.631. The van der Waals surface area contributed by atoms with Crippen LogP contribution in [0.2, 0.25) is 0 Å². The van der Waals surface area contributed by atoms with Crippen molar-refractivity contribution in [1.29, 1.82) is 0 Å². The molecule has 0 heterocycles. The number of fused-ring (bicyclic) bond motifs is 2. The third-order valence-corrected chi connectivity index (χ3v) is 3.96. The fourth-order valence-corrected chi connectivity index (χ4v) is 3.28. The predicted molar refractivity (Wildman–Crippen MR) is 55.2 cm³/mol. The molecule has 0 aliphatic heterocycles. The molecule has 2 rings (SSSR count). The summed E-state index contributed by atoms with van der Waals surface area (Å²) >= 11 is 0. The zero-order valence-electron chi connectivity index (χ0n) is 8.42. The van der Waals surface area contributed by atoms with Gasteiger partial charge in [-0.3, -0.25) is 0 Å². The highest BCUT2D eigenvalue weighted by Gasteiger charge is 2.41.